The van der Waals surface area contributed by atoms with Gasteiger partial charge in [-0.2, -0.15) is 4.98 Å². The minimum absolute atomic E-state index is 0.390. The van der Waals surface area contributed by atoms with Crippen molar-refractivity contribution in [3.05, 3.63) is 34.1 Å². The first kappa shape index (κ1) is 14.8. The monoisotopic (exact) mass is 325 g/mol. The number of nitrogens with two attached hydrogens (primary N) is 1. The molecule has 2 aromatic rings. The van der Waals surface area contributed by atoms with Gasteiger partial charge in [0.05, 0.1) is 16.1 Å². The van der Waals surface area contributed by atoms with Gasteiger partial charge in [0.15, 0.2) is 5.82 Å². The van der Waals surface area contributed by atoms with Gasteiger partial charge in [0, 0.05) is 5.02 Å². The Morgan fingerprint density at radius 1 is 1.10 bits per heavy atom. The standard InChI is InChI=1S/C15H17Cl2N3O/c16-10-5-6-11(12(17)9-10)13-19-14(20-21-13)15(18)7-3-1-2-4-8-15/h5-6,9H,1-4,7-8,18H2. The fraction of sp³-hybridized carbons (Fsp3) is 0.467. The number of aromatic nitrogens is 2. The third-order valence-electron chi connectivity index (χ3n) is 4.03. The van der Waals surface area contributed by atoms with Gasteiger partial charge >= 0.3 is 0 Å². The smallest absolute Gasteiger partial charge is 0.259 e. The molecule has 0 saturated heterocycles. The van der Waals surface area contributed by atoms with Crippen molar-refractivity contribution in [3.63, 3.8) is 0 Å². The lowest BCUT2D eigenvalue weighted by atomic mass is 9.91. The molecule has 1 aromatic carbocycles. The maximum Gasteiger partial charge on any atom is 0.259 e. The molecule has 1 saturated carbocycles. The minimum Gasteiger partial charge on any atom is -0.334 e. The van der Waals surface area contributed by atoms with E-state index in [1.807, 2.05) is 0 Å². The highest BCUT2D eigenvalue weighted by Crippen LogP contribution is 2.34. The SMILES string of the molecule is NC1(c2noc(-c3ccc(Cl)cc3Cl)n2)CCCCCC1. The maximum atomic E-state index is 6.49. The predicted molar refractivity (Wildman–Crippen MR) is 83.3 cm³/mol. The van der Waals surface area contributed by atoms with E-state index in [1.54, 1.807) is 18.2 Å². The summed E-state index contributed by atoms with van der Waals surface area (Å²) in [7, 11) is 0. The van der Waals surface area contributed by atoms with E-state index in [9.17, 15) is 0 Å². The van der Waals surface area contributed by atoms with E-state index in [2.05, 4.69) is 10.1 Å². The molecule has 2 N–H and O–H groups in total. The zero-order valence-corrected chi connectivity index (χ0v) is 13.1. The van der Waals surface area contributed by atoms with Crippen molar-refractivity contribution < 1.29 is 4.52 Å². The summed E-state index contributed by atoms with van der Waals surface area (Å²) in [6, 6.07) is 5.18. The topological polar surface area (TPSA) is 64.9 Å². The van der Waals surface area contributed by atoms with Crippen molar-refractivity contribution in [3.8, 4) is 11.5 Å². The van der Waals surface area contributed by atoms with Crippen LogP contribution < -0.4 is 5.73 Å². The molecule has 0 atom stereocenters. The molecule has 112 valence electrons. The van der Waals surface area contributed by atoms with E-state index in [1.165, 1.54) is 12.8 Å². The number of nitrogens with zero attached hydrogens (tertiary/aromatic N) is 2. The summed E-state index contributed by atoms with van der Waals surface area (Å²) in [4.78, 5) is 4.48. The molecule has 1 heterocycles. The highest BCUT2D eigenvalue weighted by Gasteiger charge is 2.33. The van der Waals surface area contributed by atoms with Gasteiger partial charge < -0.3 is 10.3 Å². The maximum absolute atomic E-state index is 6.49. The third kappa shape index (κ3) is 3.07. The van der Waals surface area contributed by atoms with Crippen LogP contribution in [0, 0.1) is 0 Å². The van der Waals surface area contributed by atoms with Crippen LogP contribution in [0.5, 0.6) is 0 Å². The van der Waals surface area contributed by atoms with Crippen molar-refractivity contribution in [2.24, 2.45) is 5.73 Å². The quantitative estimate of drug-likeness (QED) is 0.822. The Morgan fingerprint density at radius 2 is 1.81 bits per heavy atom. The molecule has 6 heteroatoms. The molecule has 1 fully saturated rings. The first-order valence-corrected chi connectivity index (χ1v) is 7.93. The van der Waals surface area contributed by atoms with Gasteiger partial charge in [-0.05, 0) is 31.0 Å². The Kier molecular flexibility index (Phi) is 4.20. The van der Waals surface area contributed by atoms with E-state index in [4.69, 9.17) is 33.5 Å². The second-order valence-electron chi connectivity index (χ2n) is 5.62. The number of rotatable bonds is 2. The largest absolute Gasteiger partial charge is 0.334 e. The van der Waals surface area contributed by atoms with Gasteiger partial charge in [-0.15, -0.1) is 0 Å². The molecule has 0 unspecified atom stereocenters. The highest BCUT2D eigenvalue weighted by atomic mass is 35.5. The van der Waals surface area contributed by atoms with Crippen LogP contribution in [0.4, 0.5) is 0 Å². The number of halogens is 2. The molecule has 0 bridgehead atoms. The van der Waals surface area contributed by atoms with Crippen LogP contribution in [0.25, 0.3) is 11.5 Å². The van der Waals surface area contributed by atoms with Crippen LogP contribution in [0.3, 0.4) is 0 Å². The Balaban J connectivity index is 1.92. The zero-order valence-electron chi connectivity index (χ0n) is 11.6. The van der Waals surface area contributed by atoms with Gasteiger partial charge in [0.1, 0.15) is 0 Å². The molecule has 0 aliphatic heterocycles. The fourth-order valence-electron chi connectivity index (χ4n) is 2.78. The second-order valence-corrected chi connectivity index (χ2v) is 6.46. The Hall–Kier alpha value is -1.10. The molecule has 3 rings (SSSR count). The minimum atomic E-state index is -0.489. The predicted octanol–water partition coefficient (Wildman–Crippen LogP) is 4.55. The summed E-state index contributed by atoms with van der Waals surface area (Å²) in [6.07, 6.45) is 6.41. The third-order valence-corrected chi connectivity index (χ3v) is 4.58. The summed E-state index contributed by atoms with van der Waals surface area (Å²) >= 11 is 12.1. The summed E-state index contributed by atoms with van der Waals surface area (Å²) < 4.78 is 5.36. The molecular weight excluding hydrogens is 309 g/mol. The first-order valence-electron chi connectivity index (χ1n) is 7.17. The van der Waals surface area contributed by atoms with Crippen LogP contribution in [-0.2, 0) is 5.54 Å². The van der Waals surface area contributed by atoms with E-state index >= 15 is 0 Å². The van der Waals surface area contributed by atoms with E-state index in [0.717, 1.165) is 25.7 Å². The molecule has 4 nitrogen and oxygen atoms in total. The fourth-order valence-corrected chi connectivity index (χ4v) is 3.27. The molecular formula is C15H17Cl2N3O. The molecule has 0 amide bonds. The molecule has 0 radical (unpaired) electrons. The van der Waals surface area contributed by atoms with Crippen molar-refractivity contribution in [1.29, 1.82) is 0 Å². The number of benzene rings is 1. The average Bonchev–Trinajstić information content (AvgIpc) is 2.83. The van der Waals surface area contributed by atoms with E-state index in [0.29, 0.717) is 27.3 Å². The number of hydrogen-bond donors (Lipinski definition) is 1. The van der Waals surface area contributed by atoms with Crippen molar-refractivity contribution in [2.45, 2.75) is 44.1 Å². The molecule has 1 aliphatic rings. The van der Waals surface area contributed by atoms with E-state index in [-0.39, 0.29) is 0 Å². The van der Waals surface area contributed by atoms with Gasteiger partial charge in [-0.1, -0.05) is 54.0 Å². The van der Waals surface area contributed by atoms with Crippen LogP contribution in [0.15, 0.2) is 22.7 Å². The van der Waals surface area contributed by atoms with Gasteiger partial charge in [0.25, 0.3) is 5.89 Å². The summed E-state index contributed by atoms with van der Waals surface area (Å²) in [5.41, 5.74) is 6.68. The molecule has 0 spiro atoms. The lowest BCUT2D eigenvalue weighted by Crippen LogP contribution is -2.37. The molecule has 1 aromatic heterocycles. The zero-order chi connectivity index (χ0) is 14.9. The normalized spacial score (nSPS) is 18.4. The first-order chi connectivity index (χ1) is 10.1. The van der Waals surface area contributed by atoms with Crippen LogP contribution in [0.1, 0.15) is 44.3 Å². The Morgan fingerprint density at radius 3 is 2.48 bits per heavy atom. The van der Waals surface area contributed by atoms with Crippen molar-refractivity contribution in [2.75, 3.05) is 0 Å². The van der Waals surface area contributed by atoms with Crippen molar-refractivity contribution >= 4 is 23.2 Å². The van der Waals surface area contributed by atoms with Crippen molar-refractivity contribution in [1.82, 2.24) is 10.1 Å². The van der Waals surface area contributed by atoms with Gasteiger partial charge in [-0.3, -0.25) is 0 Å². The highest BCUT2D eigenvalue weighted by molar-refractivity contribution is 6.36. The molecule has 21 heavy (non-hydrogen) atoms. The van der Waals surface area contributed by atoms with Crippen LogP contribution >= 0.6 is 23.2 Å². The lowest BCUT2D eigenvalue weighted by molar-refractivity contribution is 0.334. The second kappa shape index (κ2) is 5.95. The summed E-state index contributed by atoms with van der Waals surface area (Å²) in [5, 5.41) is 5.15. The Bertz CT molecular complexity index is 634. The van der Waals surface area contributed by atoms with Crippen LogP contribution in [-0.4, -0.2) is 10.1 Å². The average molecular weight is 326 g/mol. The van der Waals surface area contributed by atoms with Crippen LogP contribution in [0.2, 0.25) is 10.0 Å². The summed E-state index contributed by atoms with van der Waals surface area (Å²) in [6.45, 7) is 0. The summed E-state index contributed by atoms with van der Waals surface area (Å²) in [5.74, 6) is 0.964. The van der Waals surface area contributed by atoms with E-state index < -0.39 is 5.54 Å². The Labute approximate surface area is 133 Å². The van der Waals surface area contributed by atoms with Gasteiger partial charge in [-0.25, -0.2) is 0 Å². The number of hydrogen-bond acceptors (Lipinski definition) is 4. The van der Waals surface area contributed by atoms with Gasteiger partial charge in [0.2, 0.25) is 0 Å². The molecule has 1 aliphatic carbocycles. The lowest BCUT2D eigenvalue weighted by Gasteiger charge is -2.23.